The number of ether oxygens (including phenoxy) is 1. The van der Waals surface area contributed by atoms with E-state index in [9.17, 15) is 9.90 Å². The summed E-state index contributed by atoms with van der Waals surface area (Å²) in [6.45, 7) is 13.3. The van der Waals surface area contributed by atoms with Crippen LogP contribution < -0.4 is 9.64 Å². The minimum absolute atomic E-state index is 0.0629. The summed E-state index contributed by atoms with van der Waals surface area (Å²) in [5.41, 5.74) is 5.74. The average Bonchev–Trinajstić information content (AvgIpc) is 2.89. The van der Waals surface area contributed by atoms with Gasteiger partial charge in [0.1, 0.15) is 11.4 Å². The zero-order valence-electron chi connectivity index (χ0n) is 25.1. The van der Waals surface area contributed by atoms with Crippen LogP contribution in [0.4, 0.5) is 5.69 Å². The highest BCUT2D eigenvalue weighted by molar-refractivity contribution is 5.87. The molecular weight excluding hydrogens is 498 g/mol. The number of hydrogen-bond donors (Lipinski definition) is 2. The van der Waals surface area contributed by atoms with Gasteiger partial charge in [0.05, 0.1) is 11.7 Å². The van der Waals surface area contributed by atoms with E-state index in [1.807, 2.05) is 26.2 Å². The Morgan fingerprint density at radius 2 is 1.55 bits per heavy atom. The predicted octanol–water partition coefficient (Wildman–Crippen LogP) is 7.86. The number of benzene rings is 3. The third-order valence-electron chi connectivity index (χ3n) is 8.32. The lowest BCUT2D eigenvalue weighted by atomic mass is 9.62. The number of anilines is 1. The molecule has 1 unspecified atom stereocenters. The molecule has 0 amide bonds. The second-order valence-corrected chi connectivity index (χ2v) is 13.0. The molecule has 0 aliphatic heterocycles. The molecule has 1 aliphatic rings. The number of aliphatic hydroxyl groups excluding tert-OH is 1. The highest BCUT2D eigenvalue weighted by Gasteiger charge is 2.41. The summed E-state index contributed by atoms with van der Waals surface area (Å²) < 4.78 is 6.90. The molecule has 0 aromatic heterocycles. The molecule has 5 heteroatoms. The molecular formula is C35H43NO4. The maximum absolute atomic E-state index is 11.3. The van der Waals surface area contributed by atoms with E-state index in [0.29, 0.717) is 0 Å². The Labute approximate surface area is 239 Å². The zero-order chi connectivity index (χ0) is 29.5. The third kappa shape index (κ3) is 6.10. The molecule has 0 saturated heterocycles. The molecule has 3 aromatic carbocycles. The summed E-state index contributed by atoms with van der Waals surface area (Å²) in [7, 11) is 4.06. The lowest BCUT2D eigenvalue weighted by Crippen LogP contribution is -2.36. The van der Waals surface area contributed by atoms with Crippen molar-refractivity contribution in [2.75, 3.05) is 19.0 Å². The van der Waals surface area contributed by atoms with Crippen molar-refractivity contribution in [3.63, 3.8) is 0 Å². The van der Waals surface area contributed by atoms with Gasteiger partial charge in [-0.15, -0.1) is 0 Å². The van der Waals surface area contributed by atoms with E-state index in [-0.39, 0.29) is 16.4 Å². The molecule has 1 atom stereocenters. The van der Waals surface area contributed by atoms with Crippen molar-refractivity contribution in [3.05, 3.63) is 100 Å². The van der Waals surface area contributed by atoms with Gasteiger partial charge in [-0.25, -0.2) is 4.79 Å². The minimum atomic E-state index is -0.959. The third-order valence-corrected chi connectivity index (χ3v) is 8.32. The molecule has 0 saturated carbocycles. The van der Waals surface area contributed by atoms with Gasteiger partial charge in [-0.2, -0.15) is 0 Å². The first-order valence-corrected chi connectivity index (χ1v) is 14.0. The summed E-state index contributed by atoms with van der Waals surface area (Å²) >= 11 is 0. The maximum atomic E-state index is 11.3. The lowest BCUT2D eigenvalue weighted by molar-refractivity contribution is 0.0696. The van der Waals surface area contributed by atoms with Gasteiger partial charge >= 0.3 is 5.97 Å². The van der Waals surface area contributed by atoms with Crippen LogP contribution in [0, 0.1) is 0 Å². The van der Waals surface area contributed by atoms with Crippen LogP contribution >= 0.6 is 0 Å². The number of rotatable bonds is 8. The van der Waals surface area contributed by atoms with Crippen molar-refractivity contribution < 1.29 is 19.7 Å². The van der Waals surface area contributed by atoms with Gasteiger partial charge < -0.3 is 19.8 Å². The van der Waals surface area contributed by atoms with Gasteiger partial charge in [-0.05, 0) is 90.1 Å². The fourth-order valence-electron chi connectivity index (χ4n) is 5.55. The zero-order valence-corrected chi connectivity index (χ0v) is 25.1. The first-order chi connectivity index (χ1) is 18.6. The van der Waals surface area contributed by atoms with E-state index in [1.54, 1.807) is 30.3 Å². The molecule has 3 aromatic rings. The van der Waals surface area contributed by atoms with Crippen LogP contribution in [0.3, 0.4) is 0 Å². The van der Waals surface area contributed by atoms with Crippen molar-refractivity contribution in [1.82, 2.24) is 0 Å². The SMILES string of the molecule is CN(C)c1ccc(C(C)(C)Oc2cc(C(O)C=Cc3ccc(C(=O)O)cc3)cc3c2C(C)(C)CCC3(C)C)cc1. The summed E-state index contributed by atoms with van der Waals surface area (Å²) in [5, 5.41) is 20.5. The Balaban J connectivity index is 1.75. The van der Waals surface area contributed by atoms with Crippen LogP contribution in [0.15, 0.2) is 66.7 Å². The van der Waals surface area contributed by atoms with E-state index in [0.717, 1.165) is 41.0 Å². The minimum Gasteiger partial charge on any atom is -0.483 e. The topological polar surface area (TPSA) is 70.0 Å². The predicted molar refractivity (Wildman–Crippen MR) is 164 cm³/mol. The van der Waals surface area contributed by atoms with Crippen LogP contribution in [0.1, 0.15) is 98.7 Å². The van der Waals surface area contributed by atoms with Gasteiger partial charge in [-0.1, -0.05) is 70.2 Å². The molecule has 4 rings (SSSR count). The largest absolute Gasteiger partial charge is 0.483 e. The normalized spacial score (nSPS) is 16.8. The quantitative estimate of drug-likeness (QED) is 0.304. The van der Waals surface area contributed by atoms with Crippen molar-refractivity contribution in [3.8, 4) is 5.75 Å². The van der Waals surface area contributed by atoms with Crippen molar-refractivity contribution in [1.29, 1.82) is 0 Å². The molecule has 0 bridgehead atoms. The second-order valence-electron chi connectivity index (χ2n) is 13.0. The number of carboxylic acids is 1. The number of fused-ring (bicyclic) bond motifs is 1. The van der Waals surface area contributed by atoms with Gasteiger partial charge in [0, 0.05) is 25.3 Å². The van der Waals surface area contributed by atoms with E-state index in [2.05, 4.69) is 76.8 Å². The van der Waals surface area contributed by atoms with Crippen LogP contribution in [-0.4, -0.2) is 30.3 Å². The van der Waals surface area contributed by atoms with E-state index < -0.39 is 17.7 Å². The Bertz CT molecular complexity index is 1400. The van der Waals surface area contributed by atoms with Crippen molar-refractivity contribution in [2.45, 2.75) is 76.9 Å². The summed E-state index contributed by atoms with van der Waals surface area (Å²) in [6, 6.07) is 19.2. The van der Waals surface area contributed by atoms with Crippen molar-refractivity contribution in [2.24, 2.45) is 0 Å². The second kappa shape index (κ2) is 10.8. The summed E-state index contributed by atoms with van der Waals surface area (Å²) in [5.74, 6) is -0.149. The lowest BCUT2D eigenvalue weighted by Gasteiger charge is -2.44. The number of carbonyl (C=O) groups is 1. The molecule has 212 valence electrons. The number of hydrogen-bond acceptors (Lipinski definition) is 4. The van der Waals surface area contributed by atoms with Gasteiger partial charge in [-0.3, -0.25) is 0 Å². The molecule has 1 aliphatic carbocycles. The smallest absolute Gasteiger partial charge is 0.335 e. The van der Waals surface area contributed by atoms with Crippen LogP contribution in [0.5, 0.6) is 5.75 Å². The Morgan fingerprint density at radius 1 is 0.950 bits per heavy atom. The van der Waals surface area contributed by atoms with Gasteiger partial charge in [0.15, 0.2) is 0 Å². The average molecular weight is 542 g/mol. The summed E-state index contributed by atoms with van der Waals surface area (Å²) in [6.07, 6.45) is 4.81. The monoisotopic (exact) mass is 541 g/mol. The number of aliphatic hydroxyl groups is 1. The Kier molecular flexibility index (Phi) is 7.92. The molecule has 40 heavy (non-hydrogen) atoms. The number of nitrogens with zero attached hydrogens (tertiary/aromatic N) is 1. The van der Waals surface area contributed by atoms with Crippen LogP contribution in [-0.2, 0) is 16.4 Å². The maximum Gasteiger partial charge on any atom is 0.335 e. The summed E-state index contributed by atoms with van der Waals surface area (Å²) in [4.78, 5) is 13.3. The first-order valence-electron chi connectivity index (χ1n) is 14.0. The molecule has 0 fully saturated rings. The van der Waals surface area contributed by atoms with E-state index in [1.165, 1.54) is 11.1 Å². The number of aromatic carboxylic acids is 1. The van der Waals surface area contributed by atoms with Crippen LogP contribution in [0.25, 0.3) is 6.08 Å². The Morgan fingerprint density at radius 3 is 2.12 bits per heavy atom. The Hall–Kier alpha value is -3.57. The highest BCUT2D eigenvalue weighted by atomic mass is 16.5. The van der Waals surface area contributed by atoms with Gasteiger partial charge in [0.2, 0.25) is 0 Å². The van der Waals surface area contributed by atoms with Gasteiger partial charge in [0.25, 0.3) is 0 Å². The van der Waals surface area contributed by atoms with E-state index in [4.69, 9.17) is 9.84 Å². The van der Waals surface area contributed by atoms with Crippen molar-refractivity contribution >= 4 is 17.7 Å². The molecule has 0 radical (unpaired) electrons. The molecule has 5 nitrogen and oxygen atoms in total. The molecule has 0 spiro atoms. The fourth-order valence-corrected chi connectivity index (χ4v) is 5.55. The number of carboxylic acid groups (broad SMARTS) is 1. The van der Waals surface area contributed by atoms with E-state index >= 15 is 0 Å². The highest BCUT2D eigenvalue weighted by Crippen LogP contribution is 2.51. The fraction of sp³-hybridized carbons (Fsp3) is 0.400. The molecule has 0 heterocycles. The molecule has 2 N–H and O–H groups in total. The standard InChI is InChI=1S/C35H43NO4/c1-33(2)19-20-34(3,4)31-28(33)21-25(29(37)18-11-23-9-12-24(13-10-23)32(38)39)22-30(31)40-35(5,6)26-14-16-27(17-15-26)36(7)8/h9-18,21-22,29,37H,19-20H2,1-8H3,(H,38,39). The van der Waals surface area contributed by atoms with Crippen LogP contribution in [0.2, 0.25) is 0 Å². The first kappa shape index (κ1) is 29.4.